The van der Waals surface area contributed by atoms with Crippen LogP contribution < -0.4 is 4.89 Å². The summed E-state index contributed by atoms with van der Waals surface area (Å²) in [5.74, 6) is 0. The van der Waals surface area contributed by atoms with Gasteiger partial charge in [-0.05, 0) is 5.15 Å². The van der Waals surface area contributed by atoms with Crippen LogP contribution in [0.3, 0.4) is 0 Å². The van der Waals surface area contributed by atoms with Crippen LogP contribution in [-0.2, 0) is 18.6 Å². The predicted octanol–water partition coefficient (Wildman–Crippen LogP) is -0.174. The first-order valence-corrected chi connectivity index (χ1v) is 7.72. The Labute approximate surface area is 101 Å². The summed E-state index contributed by atoms with van der Waals surface area (Å²) >= 11 is 1.41. The smallest absolute Gasteiger partial charge is 0.131 e. The molecule has 0 spiro atoms. The summed E-state index contributed by atoms with van der Waals surface area (Å²) in [7, 11) is 5.24. The second kappa shape index (κ2) is 5.89. The van der Waals surface area contributed by atoms with E-state index >= 15 is 0 Å². The van der Waals surface area contributed by atoms with Crippen molar-refractivity contribution in [2.75, 3.05) is 27.5 Å². The van der Waals surface area contributed by atoms with Crippen molar-refractivity contribution in [3.05, 3.63) is 0 Å². The van der Waals surface area contributed by atoms with Crippen molar-refractivity contribution >= 4 is 27.2 Å². The predicted molar refractivity (Wildman–Crippen MR) is 62.0 cm³/mol. The SMILES string of the molecule is [B]C1SC(COP(C)(=O)[O-])C(OC)C1OC. The molecule has 5 atom stereocenters. The van der Waals surface area contributed by atoms with Gasteiger partial charge in [0.15, 0.2) is 0 Å². The maximum Gasteiger partial charge on any atom is 0.131 e. The first kappa shape index (κ1) is 14.5. The lowest BCUT2D eigenvalue weighted by Gasteiger charge is -2.25. The molecule has 0 aliphatic carbocycles. The third kappa shape index (κ3) is 3.76. The fourth-order valence-corrected chi connectivity index (χ4v) is 3.58. The van der Waals surface area contributed by atoms with Gasteiger partial charge in [0.25, 0.3) is 0 Å². The Morgan fingerprint density at radius 1 is 1.38 bits per heavy atom. The first-order chi connectivity index (χ1) is 7.39. The fraction of sp³-hybridized carbons (Fsp3) is 1.00. The number of hydrogen-bond acceptors (Lipinski definition) is 6. The van der Waals surface area contributed by atoms with E-state index in [1.54, 1.807) is 14.2 Å². The molecular formula is C8H15BO5PS-. The largest absolute Gasteiger partial charge is 0.779 e. The average molecular weight is 265 g/mol. The van der Waals surface area contributed by atoms with Crippen LogP contribution in [0.15, 0.2) is 0 Å². The van der Waals surface area contributed by atoms with Gasteiger partial charge in [0.05, 0.1) is 31.9 Å². The van der Waals surface area contributed by atoms with E-state index in [1.165, 1.54) is 11.8 Å². The highest BCUT2D eigenvalue weighted by atomic mass is 32.2. The molecule has 1 saturated heterocycles. The quantitative estimate of drug-likeness (QED) is 0.507. The number of methoxy groups -OCH3 is 2. The van der Waals surface area contributed by atoms with Gasteiger partial charge in [-0.25, -0.2) is 0 Å². The Bertz CT molecular complexity index is 273. The van der Waals surface area contributed by atoms with E-state index < -0.39 is 7.60 Å². The summed E-state index contributed by atoms with van der Waals surface area (Å²) < 4.78 is 26.2. The molecule has 0 aromatic rings. The van der Waals surface area contributed by atoms with E-state index in [-0.39, 0.29) is 29.2 Å². The first-order valence-electron chi connectivity index (χ1n) is 4.78. The van der Waals surface area contributed by atoms with Crippen molar-refractivity contribution in [1.29, 1.82) is 0 Å². The van der Waals surface area contributed by atoms with E-state index in [2.05, 4.69) is 0 Å². The summed E-state index contributed by atoms with van der Waals surface area (Å²) in [5, 5.41) is -0.362. The minimum Gasteiger partial charge on any atom is -0.779 e. The number of hydrogen-bond donors (Lipinski definition) is 0. The van der Waals surface area contributed by atoms with E-state index in [1.807, 2.05) is 0 Å². The zero-order chi connectivity index (χ0) is 12.3. The van der Waals surface area contributed by atoms with Crippen molar-refractivity contribution in [3.63, 3.8) is 0 Å². The zero-order valence-electron chi connectivity index (χ0n) is 9.49. The average Bonchev–Trinajstić information content (AvgIpc) is 2.49. The number of thioether (sulfide) groups is 1. The molecule has 0 N–H and O–H groups in total. The molecule has 5 nitrogen and oxygen atoms in total. The molecule has 1 aliphatic heterocycles. The van der Waals surface area contributed by atoms with Crippen LogP contribution in [0, 0.1) is 0 Å². The van der Waals surface area contributed by atoms with Crippen molar-refractivity contribution in [2.24, 2.45) is 0 Å². The summed E-state index contributed by atoms with van der Waals surface area (Å²) in [5.41, 5.74) is 0. The molecule has 0 bridgehead atoms. The second-order valence-corrected chi connectivity index (χ2v) is 6.83. The Morgan fingerprint density at radius 2 is 1.94 bits per heavy atom. The van der Waals surface area contributed by atoms with Crippen LogP contribution in [0.2, 0.25) is 0 Å². The molecule has 0 aromatic carbocycles. The molecule has 2 radical (unpaired) electrons. The van der Waals surface area contributed by atoms with Crippen LogP contribution in [0.25, 0.3) is 0 Å². The Balaban J connectivity index is 2.57. The molecule has 8 heteroatoms. The van der Waals surface area contributed by atoms with E-state index in [0.29, 0.717) is 0 Å². The third-order valence-corrected chi connectivity index (χ3v) is 4.32. The van der Waals surface area contributed by atoms with Crippen molar-refractivity contribution in [2.45, 2.75) is 22.6 Å². The molecule has 16 heavy (non-hydrogen) atoms. The lowest BCUT2D eigenvalue weighted by molar-refractivity contribution is -0.196. The highest BCUT2D eigenvalue weighted by Gasteiger charge is 2.42. The van der Waals surface area contributed by atoms with E-state index in [4.69, 9.17) is 21.8 Å². The van der Waals surface area contributed by atoms with Crippen LogP contribution in [0.5, 0.6) is 0 Å². The van der Waals surface area contributed by atoms with Crippen molar-refractivity contribution in [3.8, 4) is 0 Å². The zero-order valence-corrected chi connectivity index (χ0v) is 11.2. The molecule has 5 unspecified atom stereocenters. The van der Waals surface area contributed by atoms with Crippen LogP contribution in [0.4, 0.5) is 0 Å². The van der Waals surface area contributed by atoms with E-state index in [9.17, 15) is 9.46 Å². The Morgan fingerprint density at radius 3 is 2.38 bits per heavy atom. The maximum absolute atomic E-state index is 10.9. The minimum absolute atomic E-state index is 0.0635. The molecule has 1 rings (SSSR count). The van der Waals surface area contributed by atoms with Crippen molar-refractivity contribution < 1.29 is 23.5 Å². The van der Waals surface area contributed by atoms with Gasteiger partial charge in [-0.3, -0.25) is 0 Å². The molecule has 0 saturated carbocycles. The number of rotatable bonds is 5. The standard InChI is InChI=1S/C8H16BO5PS/c1-12-6-5(4-14-15(3,10)11)16-8(9)7(6)13-2/h5-8H,4H2,1-3H3,(H,10,11)/p-1. The lowest BCUT2D eigenvalue weighted by Crippen LogP contribution is -2.37. The molecule has 92 valence electrons. The van der Waals surface area contributed by atoms with Crippen LogP contribution >= 0.6 is 19.4 Å². The van der Waals surface area contributed by atoms with Crippen LogP contribution in [-0.4, -0.2) is 57.9 Å². The summed E-state index contributed by atoms with van der Waals surface area (Å²) in [6.45, 7) is 1.11. The Hall–Kier alpha value is 0.485. The van der Waals surface area contributed by atoms with Gasteiger partial charge in [-0.2, -0.15) is 11.8 Å². The Kier molecular flexibility index (Phi) is 5.36. The molecular weight excluding hydrogens is 250 g/mol. The highest BCUT2D eigenvalue weighted by Crippen LogP contribution is 2.39. The van der Waals surface area contributed by atoms with Gasteiger partial charge in [-0.1, -0.05) is 0 Å². The highest BCUT2D eigenvalue weighted by molar-refractivity contribution is 8.02. The molecule has 1 fully saturated rings. The van der Waals surface area contributed by atoms with Gasteiger partial charge >= 0.3 is 0 Å². The monoisotopic (exact) mass is 265 g/mol. The van der Waals surface area contributed by atoms with Gasteiger partial charge in [0, 0.05) is 20.9 Å². The molecule has 1 aliphatic rings. The van der Waals surface area contributed by atoms with Gasteiger partial charge in [-0.15, -0.1) is 0 Å². The van der Waals surface area contributed by atoms with E-state index in [0.717, 1.165) is 6.66 Å². The third-order valence-electron chi connectivity index (χ3n) is 2.36. The fourth-order valence-electron chi connectivity index (χ4n) is 1.65. The minimum atomic E-state index is -3.70. The number of ether oxygens (including phenoxy) is 2. The summed E-state index contributed by atoms with van der Waals surface area (Å²) in [6.07, 6.45) is -0.497. The topological polar surface area (TPSA) is 67.8 Å². The normalized spacial score (nSPS) is 38.5. The van der Waals surface area contributed by atoms with Crippen molar-refractivity contribution in [1.82, 2.24) is 0 Å². The molecule has 1 heterocycles. The second-order valence-electron chi connectivity index (χ2n) is 3.61. The maximum atomic E-state index is 10.9. The molecule has 0 aromatic heterocycles. The molecule has 0 amide bonds. The van der Waals surface area contributed by atoms with Gasteiger partial charge < -0.3 is 23.5 Å². The lowest BCUT2D eigenvalue weighted by atomic mass is 9.94. The van der Waals surface area contributed by atoms with Gasteiger partial charge in [0.2, 0.25) is 0 Å². The summed E-state index contributed by atoms with van der Waals surface area (Å²) in [6, 6.07) is 0. The van der Waals surface area contributed by atoms with Gasteiger partial charge in [0.1, 0.15) is 7.60 Å². The van der Waals surface area contributed by atoms with Crippen LogP contribution in [0.1, 0.15) is 0 Å². The summed E-state index contributed by atoms with van der Waals surface area (Å²) in [4.78, 5) is 10.9.